The van der Waals surface area contributed by atoms with Gasteiger partial charge in [0.1, 0.15) is 0 Å². The van der Waals surface area contributed by atoms with Crippen LogP contribution in [0, 0.1) is 17.8 Å². The van der Waals surface area contributed by atoms with E-state index in [9.17, 15) is 4.79 Å². The molecule has 0 radical (unpaired) electrons. The van der Waals surface area contributed by atoms with Crippen molar-refractivity contribution in [2.75, 3.05) is 6.54 Å². The lowest BCUT2D eigenvalue weighted by atomic mass is 9.88. The summed E-state index contributed by atoms with van der Waals surface area (Å²) >= 11 is 6.05. The summed E-state index contributed by atoms with van der Waals surface area (Å²) in [5, 5.41) is 3.43. The van der Waals surface area contributed by atoms with E-state index in [0.717, 1.165) is 32.2 Å². The third-order valence-electron chi connectivity index (χ3n) is 3.75. The summed E-state index contributed by atoms with van der Waals surface area (Å²) in [6.45, 7) is 7.00. The Hall–Kier alpha value is -0.240. The van der Waals surface area contributed by atoms with Crippen molar-refractivity contribution in [3.8, 4) is 0 Å². The molecule has 0 aromatic carbocycles. The van der Waals surface area contributed by atoms with Crippen LogP contribution in [0.25, 0.3) is 0 Å². The number of alkyl halides is 1. The predicted molar refractivity (Wildman–Crippen MR) is 68.6 cm³/mol. The standard InChI is InChI=1S/C13H24ClNO/c1-9(2)10(3)13(16)15-8-11-4-6-12(14)7-5-11/h9-12H,4-8H2,1-3H3,(H,15,16). The van der Waals surface area contributed by atoms with Gasteiger partial charge >= 0.3 is 0 Å². The Kier molecular flexibility index (Phi) is 5.60. The van der Waals surface area contributed by atoms with E-state index >= 15 is 0 Å². The summed E-state index contributed by atoms with van der Waals surface area (Å²) in [7, 11) is 0. The van der Waals surface area contributed by atoms with E-state index < -0.39 is 0 Å². The minimum absolute atomic E-state index is 0.115. The molecule has 16 heavy (non-hydrogen) atoms. The van der Waals surface area contributed by atoms with Gasteiger partial charge in [0.15, 0.2) is 0 Å². The zero-order chi connectivity index (χ0) is 12.1. The molecular weight excluding hydrogens is 222 g/mol. The molecule has 0 aliphatic heterocycles. The largest absolute Gasteiger partial charge is 0.356 e. The number of rotatable bonds is 4. The van der Waals surface area contributed by atoms with Crippen molar-refractivity contribution < 1.29 is 4.79 Å². The number of hydrogen-bond acceptors (Lipinski definition) is 1. The molecule has 0 spiro atoms. The maximum absolute atomic E-state index is 11.8. The lowest BCUT2D eigenvalue weighted by Crippen LogP contribution is -2.36. The molecule has 0 aromatic rings. The summed E-state index contributed by atoms with van der Waals surface area (Å²) in [6.07, 6.45) is 4.51. The molecule has 1 unspecified atom stereocenters. The first-order valence-corrected chi connectivity index (χ1v) is 6.86. The Morgan fingerprint density at radius 1 is 1.25 bits per heavy atom. The fourth-order valence-electron chi connectivity index (χ4n) is 2.03. The molecular formula is C13H24ClNO. The van der Waals surface area contributed by atoms with E-state index in [1.165, 1.54) is 0 Å². The molecule has 1 aliphatic carbocycles. The monoisotopic (exact) mass is 245 g/mol. The van der Waals surface area contributed by atoms with Crippen LogP contribution in [0.4, 0.5) is 0 Å². The molecule has 0 aromatic heterocycles. The Morgan fingerprint density at radius 2 is 1.81 bits per heavy atom. The molecule has 2 nitrogen and oxygen atoms in total. The fraction of sp³-hybridized carbons (Fsp3) is 0.923. The highest BCUT2D eigenvalue weighted by Crippen LogP contribution is 2.27. The number of amides is 1. The van der Waals surface area contributed by atoms with Gasteiger partial charge in [-0.1, -0.05) is 20.8 Å². The van der Waals surface area contributed by atoms with Gasteiger partial charge in [-0.2, -0.15) is 0 Å². The lowest BCUT2D eigenvalue weighted by Gasteiger charge is -2.26. The lowest BCUT2D eigenvalue weighted by molar-refractivity contribution is -0.125. The summed E-state index contributed by atoms with van der Waals surface area (Å²) in [4.78, 5) is 11.8. The van der Waals surface area contributed by atoms with Crippen LogP contribution in [0.5, 0.6) is 0 Å². The molecule has 1 aliphatic rings. The number of hydrogen-bond donors (Lipinski definition) is 1. The maximum Gasteiger partial charge on any atom is 0.223 e. The Labute approximate surface area is 104 Å². The van der Waals surface area contributed by atoms with Crippen LogP contribution in [-0.4, -0.2) is 17.8 Å². The van der Waals surface area contributed by atoms with Crippen molar-refractivity contribution >= 4 is 17.5 Å². The number of carbonyl (C=O) groups excluding carboxylic acids is 1. The zero-order valence-corrected chi connectivity index (χ0v) is 11.4. The second-order valence-electron chi connectivity index (χ2n) is 5.40. The zero-order valence-electron chi connectivity index (χ0n) is 10.6. The average Bonchev–Trinajstić information content (AvgIpc) is 2.26. The molecule has 1 atom stereocenters. The van der Waals surface area contributed by atoms with Crippen LogP contribution in [-0.2, 0) is 4.79 Å². The van der Waals surface area contributed by atoms with Crippen LogP contribution in [0.3, 0.4) is 0 Å². The number of nitrogens with one attached hydrogen (secondary N) is 1. The molecule has 1 saturated carbocycles. The molecule has 0 saturated heterocycles. The van der Waals surface area contributed by atoms with E-state index in [2.05, 4.69) is 19.2 Å². The minimum atomic E-state index is 0.115. The summed E-state index contributed by atoms with van der Waals surface area (Å²) in [5.74, 6) is 1.37. The van der Waals surface area contributed by atoms with Crippen LogP contribution in [0.2, 0.25) is 0 Å². The molecule has 0 bridgehead atoms. The average molecular weight is 246 g/mol. The van der Waals surface area contributed by atoms with E-state index in [1.807, 2.05) is 6.92 Å². The summed E-state index contributed by atoms with van der Waals surface area (Å²) in [6, 6.07) is 0. The van der Waals surface area contributed by atoms with Crippen molar-refractivity contribution in [3.63, 3.8) is 0 Å². The molecule has 0 heterocycles. The minimum Gasteiger partial charge on any atom is -0.356 e. The normalized spacial score (nSPS) is 27.8. The first kappa shape index (κ1) is 13.8. The molecule has 94 valence electrons. The van der Waals surface area contributed by atoms with Crippen LogP contribution >= 0.6 is 11.6 Å². The topological polar surface area (TPSA) is 29.1 Å². The first-order valence-electron chi connectivity index (χ1n) is 6.42. The Bertz CT molecular complexity index is 222. The quantitative estimate of drug-likeness (QED) is 0.758. The van der Waals surface area contributed by atoms with Crippen LogP contribution in [0.1, 0.15) is 46.5 Å². The molecule has 1 fully saturated rings. The van der Waals surface area contributed by atoms with E-state index in [-0.39, 0.29) is 11.8 Å². The molecule has 3 heteroatoms. The van der Waals surface area contributed by atoms with Crippen LogP contribution in [0.15, 0.2) is 0 Å². The molecule has 1 rings (SSSR count). The van der Waals surface area contributed by atoms with Crippen molar-refractivity contribution in [2.24, 2.45) is 17.8 Å². The van der Waals surface area contributed by atoms with Gasteiger partial charge in [0.05, 0.1) is 0 Å². The van der Waals surface area contributed by atoms with E-state index in [4.69, 9.17) is 11.6 Å². The van der Waals surface area contributed by atoms with E-state index in [0.29, 0.717) is 17.2 Å². The van der Waals surface area contributed by atoms with E-state index in [1.54, 1.807) is 0 Å². The van der Waals surface area contributed by atoms with Gasteiger partial charge in [0, 0.05) is 17.8 Å². The summed E-state index contributed by atoms with van der Waals surface area (Å²) < 4.78 is 0. The smallest absolute Gasteiger partial charge is 0.223 e. The van der Waals surface area contributed by atoms with Gasteiger partial charge in [0.2, 0.25) is 5.91 Å². The fourth-order valence-corrected chi connectivity index (χ4v) is 2.29. The molecule has 1 amide bonds. The second-order valence-corrected chi connectivity index (χ2v) is 6.01. The molecule has 1 N–H and O–H groups in total. The maximum atomic E-state index is 11.8. The van der Waals surface area contributed by atoms with Gasteiger partial charge in [-0.3, -0.25) is 4.79 Å². The third kappa shape index (κ3) is 4.32. The van der Waals surface area contributed by atoms with Crippen molar-refractivity contribution in [1.29, 1.82) is 0 Å². The Balaban J connectivity index is 2.22. The van der Waals surface area contributed by atoms with Crippen molar-refractivity contribution in [2.45, 2.75) is 51.8 Å². The highest BCUT2D eigenvalue weighted by molar-refractivity contribution is 6.20. The number of carbonyl (C=O) groups is 1. The SMILES string of the molecule is CC(C)C(C)C(=O)NCC1CCC(Cl)CC1. The Morgan fingerprint density at radius 3 is 2.31 bits per heavy atom. The van der Waals surface area contributed by atoms with Crippen molar-refractivity contribution in [3.05, 3.63) is 0 Å². The van der Waals surface area contributed by atoms with Gasteiger partial charge < -0.3 is 5.32 Å². The summed E-state index contributed by atoms with van der Waals surface area (Å²) in [5.41, 5.74) is 0. The third-order valence-corrected chi connectivity index (χ3v) is 4.19. The number of halogens is 1. The van der Waals surface area contributed by atoms with Gasteiger partial charge in [0.25, 0.3) is 0 Å². The van der Waals surface area contributed by atoms with Crippen LogP contribution < -0.4 is 5.32 Å². The highest BCUT2D eigenvalue weighted by Gasteiger charge is 2.21. The van der Waals surface area contributed by atoms with Gasteiger partial charge in [-0.25, -0.2) is 0 Å². The van der Waals surface area contributed by atoms with Gasteiger partial charge in [-0.05, 0) is 37.5 Å². The first-order chi connectivity index (χ1) is 7.50. The van der Waals surface area contributed by atoms with Gasteiger partial charge in [-0.15, -0.1) is 11.6 Å². The predicted octanol–water partition coefficient (Wildman–Crippen LogP) is 3.19. The highest BCUT2D eigenvalue weighted by atomic mass is 35.5. The second kappa shape index (κ2) is 6.48. The van der Waals surface area contributed by atoms with Crippen molar-refractivity contribution in [1.82, 2.24) is 5.32 Å².